The number of halogens is 4. The zero-order valence-electron chi connectivity index (χ0n) is 18.6. The van der Waals surface area contributed by atoms with E-state index in [0.29, 0.717) is 21.9 Å². The van der Waals surface area contributed by atoms with E-state index in [2.05, 4.69) is 14.7 Å². The number of hydrogen-bond donors (Lipinski definition) is 0. The number of hydrogen-bond acceptors (Lipinski definition) is 6. The number of rotatable bonds is 8. The molecule has 0 atom stereocenters. The van der Waals surface area contributed by atoms with Crippen molar-refractivity contribution in [3.05, 3.63) is 82.7 Å². The second-order valence-electron chi connectivity index (χ2n) is 7.28. The number of carbonyl (C=O) groups excluding carboxylic acids is 1. The number of benzene rings is 2. The molecule has 0 spiro atoms. The fraction of sp³-hybridized carbons (Fsp3) is 0.208. The molecule has 2 aromatic carbocycles. The van der Waals surface area contributed by atoms with E-state index in [4.69, 9.17) is 4.74 Å². The molecule has 2 heterocycles. The van der Waals surface area contributed by atoms with Gasteiger partial charge in [0.1, 0.15) is 0 Å². The third-order valence-corrected chi connectivity index (χ3v) is 6.14. The molecule has 0 amide bonds. The van der Waals surface area contributed by atoms with Crippen molar-refractivity contribution in [2.75, 3.05) is 13.7 Å². The number of methoxy groups -OCH3 is 1. The highest BCUT2D eigenvalue weighted by Crippen LogP contribution is 2.34. The molecule has 35 heavy (non-hydrogen) atoms. The van der Waals surface area contributed by atoms with Crippen LogP contribution in [0.15, 0.2) is 47.8 Å². The lowest BCUT2D eigenvalue weighted by molar-refractivity contribution is 0.0526. The van der Waals surface area contributed by atoms with Crippen molar-refractivity contribution in [2.45, 2.75) is 24.4 Å². The van der Waals surface area contributed by atoms with Gasteiger partial charge < -0.3 is 14.0 Å². The highest BCUT2D eigenvalue weighted by molar-refractivity contribution is 7.98. The van der Waals surface area contributed by atoms with E-state index in [1.54, 1.807) is 54.1 Å². The van der Waals surface area contributed by atoms with Gasteiger partial charge in [-0.15, -0.1) is 0 Å². The average Bonchev–Trinajstić information content (AvgIpc) is 3.20. The van der Waals surface area contributed by atoms with E-state index in [1.807, 2.05) is 0 Å². The van der Waals surface area contributed by atoms with Crippen molar-refractivity contribution < 1.29 is 31.8 Å². The van der Waals surface area contributed by atoms with Crippen molar-refractivity contribution in [1.29, 1.82) is 0 Å². The summed E-state index contributed by atoms with van der Waals surface area (Å²) >= 11 is 0.883. The van der Waals surface area contributed by atoms with Crippen molar-refractivity contribution in [1.82, 2.24) is 14.5 Å². The van der Waals surface area contributed by atoms with E-state index >= 15 is 0 Å². The van der Waals surface area contributed by atoms with E-state index in [1.165, 1.54) is 0 Å². The summed E-state index contributed by atoms with van der Waals surface area (Å²) in [6, 6.07) is 10.2. The summed E-state index contributed by atoms with van der Waals surface area (Å²) in [5.41, 5.74) is 1.24. The van der Waals surface area contributed by atoms with Gasteiger partial charge in [0, 0.05) is 17.5 Å². The van der Waals surface area contributed by atoms with Crippen LogP contribution < -0.4 is 4.74 Å². The van der Waals surface area contributed by atoms with Gasteiger partial charge in [-0.1, -0.05) is 17.8 Å². The van der Waals surface area contributed by atoms with Gasteiger partial charge in [0.2, 0.25) is 11.6 Å². The van der Waals surface area contributed by atoms with Crippen LogP contribution in [0.4, 0.5) is 17.6 Å². The Morgan fingerprint density at radius 3 is 2.43 bits per heavy atom. The monoisotopic (exact) mass is 505 g/mol. The van der Waals surface area contributed by atoms with Crippen molar-refractivity contribution >= 4 is 28.8 Å². The van der Waals surface area contributed by atoms with Crippen molar-refractivity contribution in [3.8, 4) is 5.75 Å². The quantitative estimate of drug-likeness (QED) is 0.136. The molecule has 0 aliphatic carbocycles. The molecule has 6 nitrogen and oxygen atoms in total. The number of thioether (sulfide) groups is 1. The lowest BCUT2D eigenvalue weighted by Gasteiger charge is -2.12. The van der Waals surface area contributed by atoms with E-state index in [9.17, 15) is 22.4 Å². The average molecular weight is 505 g/mol. The molecule has 0 radical (unpaired) electrons. The van der Waals surface area contributed by atoms with Crippen LogP contribution in [-0.4, -0.2) is 34.2 Å². The Morgan fingerprint density at radius 1 is 1.06 bits per heavy atom. The first kappa shape index (κ1) is 24.5. The Kier molecular flexibility index (Phi) is 7.25. The molecule has 182 valence electrons. The summed E-state index contributed by atoms with van der Waals surface area (Å²) in [4.78, 5) is 20.9. The van der Waals surface area contributed by atoms with Crippen LogP contribution >= 0.6 is 11.8 Å². The summed E-state index contributed by atoms with van der Waals surface area (Å²) in [5.74, 6) is -8.38. The van der Waals surface area contributed by atoms with Crippen molar-refractivity contribution in [2.24, 2.45) is 0 Å². The smallest absolute Gasteiger partial charge is 0.338 e. The molecule has 0 aliphatic rings. The molecule has 0 aliphatic heterocycles. The number of ether oxygens (including phenoxy) is 2. The van der Waals surface area contributed by atoms with Gasteiger partial charge >= 0.3 is 5.97 Å². The zero-order chi connectivity index (χ0) is 25.1. The van der Waals surface area contributed by atoms with Gasteiger partial charge in [-0.05, 0) is 37.3 Å². The van der Waals surface area contributed by atoms with Crippen LogP contribution in [-0.2, 0) is 17.0 Å². The SMILES string of the molecule is CCOC(=O)c1ccc2c(c1)nc(SCc1c(F)c(F)c(OC)c(F)c1F)n2Cc1ccccn1. The third kappa shape index (κ3) is 4.81. The normalized spacial score (nSPS) is 11.1. The highest BCUT2D eigenvalue weighted by atomic mass is 32.2. The summed E-state index contributed by atoms with van der Waals surface area (Å²) in [5, 5.41) is 0.307. The van der Waals surface area contributed by atoms with Gasteiger partial charge in [-0.2, -0.15) is 8.78 Å². The Labute approximate surface area is 201 Å². The zero-order valence-corrected chi connectivity index (χ0v) is 19.5. The number of imidazole rings is 1. The van der Waals surface area contributed by atoms with Crippen LogP contribution in [0.1, 0.15) is 28.5 Å². The molecular formula is C24H19F4N3O3S. The van der Waals surface area contributed by atoms with E-state index < -0.39 is 46.3 Å². The minimum atomic E-state index is -1.61. The van der Waals surface area contributed by atoms with Gasteiger partial charge in [0.15, 0.2) is 22.5 Å². The fourth-order valence-corrected chi connectivity index (χ4v) is 4.47. The van der Waals surface area contributed by atoms with Crippen LogP contribution in [0.2, 0.25) is 0 Å². The first-order valence-corrected chi connectivity index (χ1v) is 11.4. The maximum atomic E-state index is 14.5. The molecule has 0 saturated carbocycles. The van der Waals surface area contributed by atoms with Crippen molar-refractivity contribution in [3.63, 3.8) is 0 Å². The van der Waals surface area contributed by atoms with Crippen LogP contribution in [0.3, 0.4) is 0 Å². The van der Waals surface area contributed by atoms with Crippen LogP contribution in [0.25, 0.3) is 11.0 Å². The Balaban J connectivity index is 1.74. The minimum absolute atomic E-state index is 0.207. The second-order valence-corrected chi connectivity index (χ2v) is 8.22. The first-order chi connectivity index (χ1) is 16.8. The predicted octanol–water partition coefficient (Wildman–Crippen LogP) is 5.51. The molecule has 0 saturated heterocycles. The largest absolute Gasteiger partial charge is 0.491 e. The number of fused-ring (bicyclic) bond motifs is 1. The van der Waals surface area contributed by atoms with Gasteiger partial charge in [-0.3, -0.25) is 4.98 Å². The number of esters is 1. The van der Waals surface area contributed by atoms with Crippen LogP contribution in [0.5, 0.6) is 5.75 Å². The van der Waals surface area contributed by atoms with E-state index in [-0.39, 0.29) is 18.7 Å². The summed E-state index contributed by atoms with van der Waals surface area (Å²) in [6.45, 7) is 2.16. The standard InChI is InChI=1S/C24H19F4N3O3S/c1-3-34-23(32)13-7-8-17-16(10-13)30-24(31(17)11-14-6-4-5-9-29-14)35-12-15-18(25)20(27)22(33-2)21(28)19(15)26/h4-10H,3,11-12H2,1-2H3. The minimum Gasteiger partial charge on any atom is -0.491 e. The summed E-state index contributed by atoms with van der Waals surface area (Å²) in [7, 11) is 0.916. The molecule has 0 bridgehead atoms. The van der Waals surface area contributed by atoms with Gasteiger partial charge in [0.25, 0.3) is 0 Å². The molecule has 4 rings (SSSR count). The molecule has 0 unspecified atom stereocenters. The fourth-order valence-electron chi connectivity index (χ4n) is 3.47. The van der Waals surface area contributed by atoms with E-state index in [0.717, 1.165) is 18.9 Å². The predicted molar refractivity (Wildman–Crippen MR) is 121 cm³/mol. The maximum absolute atomic E-state index is 14.5. The lowest BCUT2D eigenvalue weighted by atomic mass is 10.2. The van der Waals surface area contributed by atoms with Gasteiger partial charge in [-0.25, -0.2) is 18.6 Å². The number of nitrogens with zero attached hydrogens (tertiary/aromatic N) is 3. The summed E-state index contributed by atoms with van der Waals surface area (Å²) < 4.78 is 68.5. The van der Waals surface area contributed by atoms with Gasteiger partial charge in [0.05, 0.1) is 42.6 Å². The molecule has 4 aromatic rings. The number of pyridine rings is 1. The molecular weight excluding hydrogens is 486 g/mol. The molecule has 11 heteroatoms. The number of aromatic nitrogens is 3. The second kappa shape index (κ2) is 10.3. The lowest BCUT2D eigenvalue weighted by Crippen LogP contribution is -2.07. The number of carbonyl (C=O) groups is 1. The summed E-state index contributed by atoms with van der Waals surface area (Å²) in [6.07, 6.45) is 1.62. The third-order valence-electron chi connectivity index (χ3n) is 5.13. The topological polar surface area (TPSA) is 66.2 Å². The highest BCUT2D eigenvalue weighted by Gasteiger charge is 2.27. The first-order valence-electron chi connectivity index (χ1n) is 10.4. The Bertz CT molecular complexity index is 1370. The Hall–Kier alpha value is -3.60. The Morgan fingerprint density at radius 2 is 1.80 bits per heavy atom. The maximum Gasteiger partial charge on any atom is 0.338 e. The van der Waals surface area contributed by atoms with Crippen LogP contribution in [0, 0.1) is 23.3 Å². The molecule has 2 aromatic heterocycles. The molecule has 0 fully saturated rings. The molecule has 0 N–H and O–H groups in total.